The van der Waals surface area contributed by atoms with E-state index in [0.29, 0.717) is 12.1 Å². The van der Waals surface area contributed by atoms with Crippen LogP contribution in [0, 0.1) is 5.82 Å². The Kier molecular flexibility index (Phi) is 4.81. The average Bonchev–Trinajstić information content (AvgIpc) is 2.47. The van der Waals surface area contributed by atoms with Crippen LogP contribution in [0.1, 0.15) is 12.5 Å². The molecule has 21 heavy (non-hydrogen) atoms. The molecule has 1 aromatic carbocycles. The first-order valence-corrected chi connectivity index (χ1v) is 7.78. The summed E-state index contributed by atoms with van der Waals surface area (Å²) in [5.41, 5.74) is 0.858. The number of halogens is 1. The first-order chi connectivity index (χ1) is 10.0. The number of aromatic nitrogens is 2. The third kappa shape index (κ3) is 3.96. The second kappa shape index (κ2) is 6.59. The van der Waals surface area contributed by atoms with Crippen LogP contribution in [-0.2, 0) is 16.6 Å². The first kappa shape index (κ1) is 15.3. The van der Waals surface area contributed by atoms with Crippen molar-refractivity contribution in [3.8, 4) is 0 Å². The van der Waals surface area contributed by atoms with Gasteiger partial charge in [0.05, 0.1) is 18.1 Å². The van der Waals surface area contributed by atoms with Crippen molar-refractivity contribution in [3.63, 3.8) is 0 Å². The number of rotatable bonds is 6. The monoisotopic (exact) mass is 310 g/mol. The molecule has 0 amide bonds. The molecule has 2 N–H and O–H groups in total. The van der Waals surface area contributed by atoms with Crippen molar-refractivity contribution in [1.82, 2.24) is 15.3 Å². The fourth-order valence-corrected chi connectivity index (χ4v) is 2.85. The molecule has 0 aliphatic heterocycles. The van der Waals surface area contributed by atoms with Crippen LogP contribution in [0.5, 0.6) is 0 Å². The second-order valence-electron chi connectivity index (χ2n) is 4.28. The first-order valence-electron chi connectivity index (χ1n) is 6.30. The van der Waals surface area contributed by atoms with Crippen LogP contribution in [0.2, 0.25) is 0 Å². The predicted octanol–water partition coefficient (Wildman–Crippen LogP) is 1.53. The SMILES string of the molecule is CCNCc1ccc(F)c(S(=O)(=O)Nc2cncnc2)c1. The van der Waals surface area contributed by atoms with Crippen LogP contribution in [0.4, 0.5) is 10.1 Å². The van der Waals surface area contributed by atoms with E-state index in [9.17, 15) is 12.8 Å². The van der Waals surface area contributed by atoms with Gasteiger partial charge in [0, 0.05) is 6.54 Å². The number of hydrogen-bond donors (Lipinski definition) is 2. The van der Waals surface area contributed by atoms with E-state index >= 15 is 0 Å². The summed E-state index contributed by atoms with van der Waals surface area (Å²) in [5.74, 6) is -0.806. The van der Waals surface area contributed by atoms with Gasteiger partial charge >= 0.3 is 0 Å². The van der Waals surface area contributed by atoms with Gasteiger partial charge in [-0.25, -0.2) is 22.8 Å². The van der Waals surface area contributed by atoms with Gasteiger partial charge in [0.1, 0.15) is 17.0 Å². The standard InChI is InChI=1S/C13H15FN4O2S/c1-2-15-6-10-3-4-12(14)13(5-10)21(19,20)18-11-7-16-9-17-8-11/h3-5,7-9,15,18H,2,6H2,1H3. The zero-order valence-corrected chi connectivity index (χ0v) is 12.2. The normalized spacial score (nSPS) is 11.3. The van der Waals surface area contributed by atoms with Crippen LogP contribution < -0.4 is 10.0 Å². The summed E-state index contributed by atoms with van der Waals surface area (Å²) in [4.78, 5) is 7.00. The van der Waals surface area contributed by atoms with Gasteiger partial charge in [0.2, 0.25) is 0 Å². The molecule has 112 valence electrons. The lowest BCUT2D eigenvalue weighted by molar-refractivity contribution is 0.568. The molecule has 0 atom stereocenters. The molecule has 8 heteroatoms. The fourth-order valence-electron chi connectivity index (χ4n) is 1.69. The molecule has 6 nitrogen and oxygen atoms in total. The smallest absolute Gasteiger partial charge is 0.264 e. The van der Waals surface area contributed by atoms with E-state index in [4.69, 9.17) is 0 Å². The van der Waals surface area contributed by atoms with Gasteiger partial charge in [-0.1, -0.05) is 13.0 Å². The summed E-state index contributed by atoms with van der Waals surface area (Å²) in [6.07, 6.45) is 3.87. The van der Waals surface area contributed by atoms with Gasteiger partial charge < -0.3 is 5.32 Å². The largest absolute Gasteiger partial charge is 0.313 e. The van der Waals surface area contributed by atoms with Gasteiger partial charge in [-0.05, 0) is 24.2 Å². The van der Waals surface area contributed by atoms with Gasteiger partial charge in [-0.2, -0.15) is 0 Å². The number of nitrogens with zero attached hydrogens (tertiary/aromatic N) is 2. The summed E-state index contributed by atoms with van der Waals surface area (Å²) in [6.45, 7) is 3.13. The Hall–Kier alpha value is -2.06. The third-order valence-corrected chi connectivity index (χ3v) is 4.07. The zero-order chi connectivity index (χ0) is 15.3. The Morgan fingerprint density at radius 2 is 1.95 bits per heavy atom. The van der Waals surface area contributed by atoms with Crippen molar-refractivity contribution in [1.29, 1.82) is 0 Å². The molecule has 0 fully saturated rings. The van der Waals surface area contributed by atoms with E-state index in [1.165, 1.54) is 24.8 Å². The van der Waals surface area contributed by atoms with Crippen LogP contribution in [0.25, 0.3) is 0 Å². The van der Waals surface area contributed by atoms with Crippen LogP contribution in [0.15, 0.2) is 41.8 Å². The lowest BCUT2D eigenvalue weighted by atomic mass is 10.2. The van der Waals surface area contributed by atoms with Gasteiger partial charge in [0.15, 0.2) is 0 Å². The molecule has 0 aliphatic carbocycles. The summed E-state index contributed by atoms with van der Waals surface area (Å²) in [7, 11) is -4.02. The Bertz CT molecular complexity index is 707. The van der Waals surface area contributed by atoms with Crippen molar-refractivity contribution in [2.45, 2.75) is 18.4 Å². The van der Waals surface area contributed by atoms with E-state index in [2.05, 4.69) is 20.0 Å². The number of nitrogens with one attached hydrogen (secondary N) is 2. The van der Waals surface area contributed by atoms with E-state index in [0.717, 1.165) is 12.6 Å². The average molecular weight is 310 g/mol. The minimum Gasteiger partial charge on any atom is -0.313 e. The maximum atomic E-state index is 13.8. The molecule has 0 spiro atoms. The molecule has 0 aliphatic rings. The minimum atomic E-state index is -4.02. The highest BCUT2D eigenvalue weighted by atomic mass is 32.2. The maximum Gasteiger partial charge on any atom is 0.264 e. The zero-order valence-electron chi connectivity index (χ0n) is 11.4. The number of sulfonamides is 1. The van der Waals surface area contributed by atoms with Gasteiger partial charge in [0.25, 0.3) is 10.0 Å². The van der Waals surface area contributed by atoms with Crippen LogP contribution in [-0.4, -0.2) is 24.9 Å². The van der Waals surface area contributed by atoms with Crippen LogP contribution in [0.3, 0.4) is 0 Å². The van der Waals surface area contributed by atoms with Gasteiger partial charge in [-0.3, -0.25) is 4.72 Å². The lowest BCUT2D eigenvalue weighted by Gasteiger charge is -2.10. The predicted molar refractivity (Wildman–Crippen MR) is 76.6 cm³/mol. The Labute approximate surface area is 122 Å². The number of anilines is 1. The Morgan fingerprint density at radius 1 is 1.24 bits per heavy atom. The maximum absolute atomic E-state index is 13.8. The summed E-state index contributed by atoms with van der Waals surface area (Å²) in [6, 6.07) is 4.00. The minimum absolute atomic E-state index is 0.175. The number of hydrogen-bond acceptors (Lipinski definition) is 5. The van der Waals surface area contributed by atoms with E-state index in [-0.39, 0.29) is 5.69 Å². The van der Waals surface area contributed by atoms with Crippen molar-refractivity contribution in [2.75, 3.05) is 11.3 Å². The van der Waals surface area contributed by atoms with Gasteiger partial charge in [-0.15, -0.1) is 0 Å². The summed E-state index contributed by atoms with van der Waals surface area (Å²) >= 11 is 0. The molecule has 0 radical (unpaired) electrons. The van der Waals surface area contributed by atoms with E-state index < -0.39 is 20.7 Å². The molecule has 1 aromatic heterocycles. The highest BCUT2D eigenvalue weighted by Crippen LogP contribution is 2.19. The molecule has 0 saturated heterocycles. The Balaban J connectivity index is 2.30. The highest BCUT2D eigenvalue weighted by molar-refractivity contribution is 7.92. The van der Waals surface area contributed by atoms with Crippen molar-refractivity contribution < 1.29 is 12.8 Å². The molecular weight excluding hydrogens is 295 g/mol. The summed E-state index contributed by atoms with van der Waals surface area (Å²) < 4.78 is 40.5. The molecule has 0 unspecified atom stereocenters. The Morgan fingerprint density at radius 3 is 2.62 bits per heavy atom. The van der Waals surface area contributed by atoms with E-state index in [1.54, 1.807) is 6.07 Å². The van der Waals surface area contributed by atoms with Crippen molar-refractivity contribution in [3.05, 3.63) is 48.3 Å². The molecule has 0 bridgehead atoms. The second-order valence-corrected chi connectivity index (χ2v) is 5.93. The van der Waals surface area contributed by atoms with Crippen molar-refractivity contribution >= 4 is 15.7 Å². The van der Waals surface area contributed by atoms with Crippen molar-refractivity contribution in [2.24, 2.45) is 0 Å². The molecular formula is C13H15FN4O2S. The molecule has 0 saturated carbocycles. The van der Waals surface area contributed by atoms with Crippen LogP contribution >= 0.6 is 0 Å². The number of benzene rings is 1. The highest BCUT2D eigenvalue weighted by Gasteiger charge is 2.20. The molecule has 2 aromatic rings. The third-order valence-electron chi connectivity index (χ3n) is 2.68. The molecule has 2 rings (SSSR count). The lowest BCUT2D eigenvalue weighted by Crippen LogP contribution is -2.17. The fraction of sp³-hybridized carbons (Fsp3) is 0.231. The van der Waals surface area contributed by atoms with E-state index in [1.807, 2.05) is 6.92 Å². The topological polar surface area (TPSA) is 84.0 Å². The quantitative estimate of drug-likeness (QED) is 0.845. The molecule has 1 heterocycles. The summed E-state index contributed by atoms with van der Waals surface area (Å²) in [5, 5.41) is 3.05.